The summed E-state index contributed by atoms with van der Waals surface area (Å²) in [6.45, 7) is 2.12. The van der Waals surface area contributed by atoms with Gasteiger partial charge in [-0.25, -0.2) is 4.39 Å². The summed E-state index contributed by atoms with van der Waals surface area (Å²) in [5.74, 6) is 0.310. The molecular weight excluding hydrogens is 373 g/mol. The molecule has 0 spiro atoms. The molecule has 0 aromatic heterocycles. The van der Waals surface area contributed by atoms with Crippen LogP contribution in [0.25, 0.3) is 22.4 Å². The van der Waals surface area contributed by atoms with Crippen LogP contribution >= 0.6 is 0 Å². The van der Waals surface area contributed by atoms with Crippen molar-refractivity contribution >= 4 is 22.4 Å². The molecule has 3 heteroatoms. The first-order chi connectivity index (χ1) is 14.7. The molecule has 2 nitrogen and oxygen atoms in total. The summed E-state index contributed by atoms with van der Waals surface area (Å²) in [6.07, 6.45) is 1.85. The molecule has 0 atom stereocenters. The fraction of sp³-hybridized carbons (Fsp3) is 0.0741. The first-order valence-electron chi connectivity index (χ1n) is 9.72. The van der Waals surface area contributed by atoms with E-state index in [1.165, 1.54) is 6.07 Å². The van der Waals surface area contributed by atoms with Crippen LogP contribution in [0.15, 0.2) is 84.9 Å². The molecule has 0 bridgehead atoms. The maximum atomic E-state index is 14.0. The second kappa shape index (κ2) is 8.63. The molecule has 0 radical (unpaired) electrons. The Morgan fingerprint density at radius 1 is 0.933 bits per heavy atom. The maximum Gasteiger partial charge on any atom is 0.129 e. The highest BCUT2D eigenvalue weighted by Crippen LogP contribution is 2.32. The highest BCUT2D eigenvalue weighted by atomic mass is 19.1. The van der Waals surface area contributed by atoms with E-state index in [1.807, 2.05) is 73.7 Å². The Morgan fingerprint density at radius 2 is 1.67 bits per heavy atom. The quantitative estimate of drug-likeness (QED) is 0.272. The van der Waals surface area contributed by atoms with E-state index in [0.29, 0.717) is 16.9 Å². The highest BCUT2D eigenvalue weighted by molar-refractivity contribution is 6.00. The molecule has 0 heterocycles. The van der Waals surface area contributed by atoms with Gasteiger partial charge in [0.05, 0.1) is 11.6 Å². The largest absolute Gasteiger partial charge is 0.488 e. The number of ether oxygens (including phenoxy) is 1. The molecule has 0 aliphatic carbocycles. The van der Waals surface area contributed by atoms with E-state index >= 15 is 0 Å². The normalized spacial score (nSPS) is 11.3. The molecule has 4 aromatic carbocycles. The van der Waals surface area contributed by atoms with Crippen molar-refractivity contribution in [3.05, 3.63) is 113 Å². The third kappa shape index (κ3) is 4.09. The summed E-state index contributed by atoms with van der Waals surface area (Å²) in [5.41, 5.74) is 3.81. The summed E-state index contributed by atoms with van der Waals surface area (Å²) >= 11 is 0. The molecule has 4 aromatic rings. The predicted molar refractivity (Wildman–Crippen MR) is 119 cm³/mol. The molecule has 0 saturated carbocycles. The topological polar surface area (TPSA) is 33.0 Å². The Morgan fingerprint density at radius 3 is 2.43 bits per heavy atom. The number of fused-ring (bicyclic) bond motifs is 1. The number of nitrogens with zero attached hydrogens (tertiary/aromatic N) is 1. The second-order valence-corrected chi connectivity index (χ2v) is 7.11. The van der Waals surface area contributed by atoms with Gasteiger partial charge in [0.15, 0.2) is 0 Å². The number of nitriles is 1. The lowest BCUT2D eigenvalue weighted by Gasteiger charge is -2.13. The third-order valence-electron chi connectivity index (χ3n) is 5.04. The molecule has 0 amide bonds. The number of halogens is 1. The van der Waals surface area contributed by atoms with Crippen molar-refractivity contribution in [3.8, 4) is 11.8 Å². The number of hydrogen-bond donors (Lipinski definition) is 0. The predicted octanol–water partition coefficient (Wildman–Crippen LogP) is 6.93. The highest BCUT2D eigenvalue weighted by Gasteiger charge is 2.11. The lowest BCUT2D eigenvalue weighted by atomic mass is 9.98. The zero-order valence-electron chi connectivity index (χ0n) is 16.6. The Labute approximate surface area is 175 Å². The van der Waals surface area contributed by atoms with Gasteiger partial charge in [-0.1, -0.05) is 78.4 Å². The van der Waals surface area contributed by atoms with Crippen molar-refractivity contribution in [2.24, 2.45) is 0 Å². The Bertz CT molecular complexity index is 1270. The minimum Gasteiger partial charge on any atom is -0.488 e. The Balaban J connectivity index is 1.80. The molecule has 0 aliphatic rings. The van der Waals surface area contributed by atoms with Gasteiger partial charge in [0.1, 0.15) is 18.2 Å². The SMILES string of the molecule is Cc1ccc(/C(C#N)=C/c2c(OCc3ccccc3F)ccc3ccccc23)cc1. The van der Waals surface area contributed by atoms with Gasteiger partial charge in [0.25, 0.3) is 0 Å². The van der Waals surface area contributed by atoms with E-state index < -0.39 is 0 Å². The van der Waals surface area contributed by atoms with E-state index in [1.54, 1.807) is 18.2 Å². The van der Waals surface area contributed by atoms with Gasteiger partial charge in [0, 0.05) is 11.1 Å². The summed E-state index contributed by atoms with van der Waals surface area (Å²) < 4.78 is 20.0. The fourth-order valence-corrected chi connectivity index (χ4v) is 3.38. The van der Waals surface area contributed by atoms with Gasteiger partial charge < -0.3 is 4.74 Å². The van der Waals surface area contributed by atoms with Crippen LogP contribution in [0.2, 0.25) is 0 Å². The van der Waals surface area contributed by atoms with Gasteiger partial charge in [0.2, 0.25) is 0 Å². The van der Waals surface area contributed by atoms with Crippen molar-refractivity contribution in [1.82, 2.24) is 0 Å². The van der Waals surface area contributed by atoms with Crippen LogP contribution in [-0.2, 0) is 6.61 Å². The fourth-order valence-electron chi connectivity index (χ4n) is 3.38. The van der Waals surface area contributed by atoms with E-state index in [2.05, 4.69) is 6.07 Å². The zero-order valence-corrected chi connectivity index (χ0v) is 16.6. The molecule has 146 valence electrons. The van der Waals surface area contributed by atoms with Gasteiger partial charge in [-0.2, -0.15) is 5.26 Å². The lowest BCUT2D eigenvalue weighted by Crippen LogP contribution is -2.00. The molecule has 0 fully saturated rings. The van der Waals surface area contributed by atoms with Crippen LogP contribution in [0.3, 0.4) is 0 Å². The van der Waals surface area contributed by atoms with E-state index in [-0.39, 0.29) is 12.4 Å². The number of aryl methyl sites for hydroxylation is 1. The summed E-state index contributed by atoms with van der Waals surface area (Å²) in [5, 5.41) is 11.8. The Hall–Kier alpha value is -3.90. The van der Waals surface area contributed by atoms with Crippen LogP contribution in [0.1, 0.15) is 22.3 Å². The molecule has 0 N–H and O–H groups in total. The second-order valence-electron chi connectivity index (χ2n) is 7.11. The summed E-state index contributed by atoms with van der Waals surface area (Å²) in [6, 6.07) is 28.5. The molecule has 0 saturated heterocycles. The van der Waals surface area contributed by atoms with Crippen molar-refractivity contribution in [1.29, 1.82) is 5.26 Å². The standard InChI is InChI=1S/C27H20FNO/c1-19-10-12-20(13-11-19)23(17-29)16-25-24-8-4-2-6-21(24)14-15-27(25)30-18-22-7-3-5-9-26(22)28/h2-16H,18H2,1H3/b23-16+. The zero-order chi connectivity index (χ0) is 20.9. The van der Waals surface area contributed by atoms with Gasteiger partial charge in [-0.3, -0.25) is 0 Å². The average molecular weight is 393 g/mol. The molecule has 0 unspecified atom stereocenters. The van der Waals surface area contributed by atoms with Gasteiger partial charge >= 0.3 is 0 Å². The minimum absolute atomic E-state index is 0.109. The monoisotopic (exact) mass is 393 g/mol. The Kier molecular flexibility index (Phi) is 5.59. The van der Waals surface area contributed by atoms with E-state index in [4.69, 9.17) is 4.74 Å². The van der Waals surface area contributed by atoms with Crippen molar-refractivity contribution < 1.29 is 9.13 Å². The van der Waals surface area contributed by atoms with Crippen LogP contribution in [0, 0.1) is 24.1 Å². The van der Waals surface area contributed by atoms with Crippen molar-refractivity contribution in [3.63, 3.8) is 0 Å². The maximum absolute atomic E-state index is 14.0. The molecule has 30 heavy (non-hydrogen) atoms. The van der Waals surface area contributed by atoms with Gasteiger partial charge in [-0.15, -0.1) is 0 Å². The van der Waals surface area contributed by atoms with Gasteiger partial charge in [-0.05, 0) is 41.5 Å². The summed E-state index contributed by atoms with van der Waals surface area (Å²) in [4.78, 5) is 0. The first-order valence-corrected chi connectivity index (χ1v) is 9.72. The van der Waals surface area contributed by atoms with E-state index in [9.17, 15) is 9.65 Å². The average Bonchev–Trinajstić information content (AvgIpc) is 2.78. The smallest absolute Gasteiger partial charge is 0.129 e. The number of hydrogen-bond acceptors (Lipinski definition) is 2. The van der Waals surface area contributed by atoms with Crippen LogP contribution in [0.4, 0.5) is 4.39 Å². The molecule has 4 rings (SSSR count). The molecule has 0 aliphatic heterocycles. The summed E-state index contributed by atoms with van der Waals surface area (Å²) in [7, 11) is 0. The first kappa shape index (κ1) is 19.4. The number of rotatable bonds is 5. The number of benzene rings is 4. The van der Waals surface area contributed by atoms with E-state index in [0.717, 1.165) is 27.5 Å². The van der Waals surface area contributed by atoms with Crippen molar-refractivity contribution in [2.75, 3.05) is 0 Å². The molecular formula is C27H20FNO. The third-order valence-corrected chi connectivity index (χ3v) is 5.04. The van der Waals surface area contributed by atoms with Crippen LogP contribution in [-0.4, -0.2) is 0 Å². The van der Waals surface area contributed by atoms with Crippen LogP contribution < -0.4 is 4.74 Å². The van der Waals surface area contributed by atoms with Crippen molar-refractivity contribution in [2.45, 2.75) is 13.5 Å². The van der Waals surface area contributed by atoms with Crippen LogP contribution in [0.5, 0.6) is 5.75 Å². The number of allylic oxidation sites excluding steroid dienone is 1. The minimum atomic E-state index is -0.298. The lowest BCUT2D eigenvalue weighted by molar-refractivity contribution is 0.299.